The summed E-state index contributed by atoms with van der Waals surface area (Å²) in [6, 6.07) is 11.4. The minimum Gasteiger partial charge on any atom is -0.542 e. The molecule has 4 aromatic rings. The quantitative estimate of drug-likeness (QED) is 0.0554. The highest BCUT2D eigenvalue weighted by molar-refractivity contribution is 5.96. The fourth-order valence-corrected chi connectivity index (χ4v) is 8.02. The van der Waals surface area contributed by atoms with Gasteiger partial charge in [-0.15, -0.1) is 0 Å². The van der Waals surface area contributed by atoms with E-state index in [1.165, 1.54) is 107 Å². The Morgan fingerprint density at radius 3 is 2.07 bits per heavy atom. The van der Waals surface area contributed by atoms with Crippen LogP contribution in [-0.2, 0) is 41.6 Å². The second kappa shape index (κ2) is 28.6. The number of aryl methyl sites for hydroxylation is 1. The minimum absolute atomic E-state index is 0.0691. The summed E-state index contributed by atoms with van der Waals surface area (Å²) >= 11 is 0. The van der Waals surface area contributed by atoms with Crippen LogP contribution in [0.5, 0.6) is 11.5 Å². The van der Waals surface area contributed by atoms with Crippen molar-refractivity contribution in [1.82, 2.24) is 36.1 Å². The number of hydrogen-bond donors (Lipinski definition) is 8. The maximum Gasteiger partial charge on any atom is 0.430 e. The van der Waals surface area contributed by atoms with Crippen LogP contribution in [-0.4, -0.2) is 116 Å². The van der Waals surface area contributed by atoms with Gasteiger partial charge in [0.15, 0.2) is 5.82 Å². The number of carboxylic acids is 2. The molecule has 4 atom stereocenters. The number of alkyl halides is 3. The number of likely N-dealkylation sites (N-methyl/N-ethyl adjacent to an activating group) is 1. The number of halogens is 3. The highest BCUT2D eigenvalue weighted by Gasteiger charge is 2.36. The molecule has 1 aromatic heterocycles. The number of hydrogen-bond acceptors (Lipinski definition) is 12. The Hall–Kier alpha value is -7.62. The number of amides is 5. The molecule has 74 heavy (non-hydrogen) atoms. The highest BCUT2D eigenvalue weighted by atomic mass is 19.4. The Balaban J connectivity index is 0.00000158. The fourth-order valence-electron chi connectivity index (χ4n) is 8.02. The molecule has 5 amide bonds. The summed E-state index contributed by atoms with van der Waals surface area (Å²) in [5.74, 6) is -7.66. The number of phenols is 2. The number of fused-ring (bicyclic) bond motifs is 5. The smallest absolute Gasteiger partial charge is 0.430 e. The lowest BCUT2D eigenvalue weighted by Crippen LogP contribution is -2.55. The maximum absolute atomic E-state index is 14.4. The molecule has 10 N–H and O–H groups in total. The van der Waals surface area contributed by atoms with Crippen molar-refractivity contribution in [2.75, 3.05) is 20.1 Å². The van der Waals surface area contributed by atoms with Gasteiger partial charge >= 0.3 is 12.1 Å². The van der Waals surface area contributed by atoms with Crippen molar-refractivity contribution in [3.63, 3.8) is 0 Å². The monoisotopic (exact) mass is 1030 g/mol. The molecule has 4 bridgehead atoms. The van der Waals surface area contributed by atoms with Crippen LogP contribution in [0.4, 0.5) is 13.2 Å². The van der Waals surface area contributed by atoms with Crippen LogP contribution in [0.25, 0.3) is 22.5 Å². The summed E-state index contributed by atoms with van der Waals surface area (Å²) in [5, 5.41) is 51.1. The van der Waals surface area contributed by atoms with Crippen molar-refractivity contribution in [1.29, 1.82) is 0 Å². The number of rotatable bonds is 21. The van der Waals surface area contributed by atoms with E-state index >= 15 is 0 Å². The van der Waals surface area contributed by atoms with Gasteiger partial charge in [-0.05, 0) is 80.0 Å². The number of carbonyl (C=O) groups is 7. The zero-order chi connectivity index (χ0) is 54.5. The van der Waals surface area contributed by atoms with E-state index < -0.39 is 71.8 Å². The van der Waals surface area contributed by atoms with E-state index in [-0.39, 0.29) is 59.6 Å². The van der Waals surface area contributed by atoms with Crippen LogP contribution < -0.4 is 32.1 Å². The van der Waals surface area contributed by atoms with Crippen LogP contribution in [0.15, 0.2) is 73.1 Å². The zero-order valence-corrected chi connectivity index (χ0v) is 41.6. The molecule has 22 heteroatoms. The standard InChI is InChI=1S/C50H64N8O9.C2HF3O2/c1-4-5-6-7-8-9-10-13-32-15-18-34(19-16-32)45-53-29-36(30-54-45)47(63)52-25-23-43(61)56-39(14-11-12-24-51)49(65)58(3)44-35-20-22-42(60)38(28-35)37-26-33(17-21-41(37)59)27-40(50(66)67)57-46(62)31(2)55-48(44)64;3-2(4,5)1(6)7/h15-22,26,28-31,39-40,44,59-60H,4-14,23-25,27,51H2,1-3H3,(H,52,63)(H,55,64)(H,56,61)(H,57,62)(H,66,67);(H,6,7)/t31-,39-,40-,44-;/m0./s1. The average molecular weight is 1040 g/mol. The molecule has 400 valence electrons. The first-order valence-electron chi connectivity index (χ1n) is 24.5. The molecule has 0 spiro atoms. The van der Waals surface area contributed by atoms with Crippen LogP contribution in [0.2, 0.25) is 0 Å². The van der Waals surface area contributed by atoms with Crippen molar-refractivity contribution in [2.45, 2.75) is 128 Å². The van der Waals surface area contributed by atoms with Gasteiger partial charge in [-0.25, -0.2) is 14.8 Å². The van der Waals surface area contributed by atoms with Crippen molar-refractivity contribution < 1.29 is 72.9 Å². The molecule has 1 aliphatic rings. The molecule has 3 aromatic carbocycles. The number of carbonyl (C=O) groups excluding carboxylic acids is 6. The molecule has 0 saturated heterocycles. The molecule has 0 fully saturated rings. The third-order valence-electron chi connectivity index (χ3n) is 12.2. The second-order valence-electron chi connectivity index (χ2n) is 17.9. The largest absolute Gasteiger partial charge is 0.542 e. The molecule has 0 saturated carbocycles. The van der Waals surface area contributed by atoms with Crippen molar-refractivity contribution in [3.05, 3.63) is 95.3 Å². The number of unbranched alkanes of at least 4 members (excludes halogenated alkanes) is 7. The van der Waals surface area contributed by atoms with Crippen molar-refractivity contribution in [3.8, 4) is 34.0 Å². The van der Waals surface area contributed by atoms with Gasteiger partial charge in [0.25, 0.3) is 5.91 Å². The molecule has 19 nitrogen and oxygen atoms in total. The van der Waals surface area contributed by atoms with E-state index in [1.807, 2.05) is 12.1 Å². The SMILES string of the molecule is CCCCCCCCCc1ccc(-c2ncc(C(=O)NCCC(=O)N[C@@H](CCCC[NH3+])C(=O)N(C)[C@@H]3C(=O)N[C@@H](C)C(=O)N[C@H](C(=O)O)Cc4ccc(O)c(c4)-c4cc3ccc4O)cn2)cc1.O=C([O-])C(F)(F)F. The molecule has 0 radical (unpaired) electrons. The third-order valence-corrected chi connectivity index (χ3v) is 12.2. The first-order valence-corrected chi connectivity index (χ1v) is 24.5. The topological polar surface area (TPSA) is 308 Å². The number of quaternary nitrogens is 1. The van der Waals surface area contributed by atoms with Crippen LogP contribution in [0.3, 0.4) is 0 Å². The Bertz CT molecular complexity index is 2560. The number of aromatic nitrogens is 2. The number of aromatic hydroxyl groups is 2. The van der Waals surface area contributed by atoms with Gasteiger partial charge in [0.1, 0.15) is 41.6 Å². The molecule has 2 heterocycles. The summed E-state index contributed by atoms with van der Waals surface area (Å²) in [6.07, 6.45) is 8.44. The molecule has 0 aliphatic carbocycles. The normalized spacial score (nSPS) is 16.0. The van der Waals surface area contributed by atoms with E-state index in [1.54, 1.807) is 0 Å². The minimum atomic E-state index is -5.19. The number of phenolic OH excluding ortho intramolecular Hbond substituents is 2. The van der Waals surface area contributed by atoms with Crippen molar-refractivity contribution in [2.24, 2.45) is 0 Å². The van der Waals surface area contributed by atoms with Crippen LogP contribution in [0, 0.1) is 0 Å². The Kier molecular flexibility index (Phi) is 22.8. The first-order chi connectivity index (χ1) is 35.1. The zero-order valence-electron chi connectivity index (χ0n) is 41.6. The number of carboxylic acid groups (broad SMARTS) is 2. The number of benzene rings is 3. The van der Waals surface area contributed by atoms with Gasteiger partial charge in [0, 0.05) is 55.5 Å². The predicted octanol–water partition coefficient (Wildman–Crippen LogP) is 3.66. The fraction of sp³-hybridized carbons (Fsp3) is 0.442. The first kappa shape index (κ1) is 58.9. The van der Waals surface area contributed by atoms with E-state index in [4.69, 9.17) is 9.90 Å². The Labute approximate surface area is 426 Å². The summed E-state index contributed by atoms with van der Waals surface area (Å²) in [5.41, 5.74) is 7.01. The lowest BCUT2D eigenvalue weighted by atomic mass is 9.93. The molecule has 1 aliphatic heterocycles. The van der Waals surface area contributed by atoms with Gasteiger partial charge in [0.2, 0.25) is 23.6 Å². The average Bonchev–Trinajstić information content (AvgIpc) is 3.36. The summed E-state index contributed by atoms with van der Waals surface area (Å²) < 4.78 is 31.5. The van der Waals surface area contributed by atoms with E-state index in [0.29, 0.717) is 30.8 Å². The van der Waals surface area contributed by atoms with Gasteiger partial charge in [-0.3, -0.25) is 24.0 Å². The summed E-state index contributed by atoms with van der Waals surface area (Å²) in [4.78, 5) is 99.2. The molecular weight excluding hydrogens is 970 g/mol. The van der Waals surface area contributed by atoms with Gasteiger partial charge in [-0.2, -0.15) is 13.2 Å². The number of aliphatic carboxylic acids is 2. The highest BCUT2D eigenvalue weighted by Crippen LogP contribution is 2.39. The van der Waals surface area contributed by atoms with E-state index in [9.17, 15) is 57.3 Å². The van der Waals surface area contributed by atoms with Gasteiger partial charge < -0.3 is 57.1 Å². The lowest BCUT2D eigenvalue weighted by Gasteiger charge is -2.32. The number of nitrogens with zero attached hydrogens (tertiary/aromatic N) is 3. The van der Waals surface area contributed by atoms with Crippen LogP contribution >= 0.6 is 0 Å². The molecule has 5 rings (SSSR count). The Morgan fingerprint density at radius 1 is 0.851 bits per heavy atom. The van der Waals surface area contributed by atoms with Crippen molar-refractivity contribution >= 4 is 41.5 Å². The summed E-state index contributed by atoms with van der Waals surface area (Å²) in [6.45, 7) is 4.10. The third kappa shape index (κ3) is 17.8. The predicted molar refractivity (Wildman–Crippen MR) is 262 cm³/mol. The second-order valence-corrected chi connectivity index (χ2v) is 17.9. The molecular formula is C52H65F3N8O11. The lowest BCUT2D eigenvalue weighted by molar-refractivity contribution is -0.368. The van der Waals surface area contributed by atoms with E-state index in [2.05, 4.69) is 56.0 Å². The van der Waals surface area contributed by atoms with Gasteiger partial charge in [0.05, 0.1) is 12.1 Å². The maximum atomic E-state index is 14.4. The molecule has 0 unspecified atom stereocenters. The van der Waals surface area contributed by atoms with E-state index in [0.717, 1.165) is 23.3 Å². The van der Waals surface area contributed by atoms with Gasteiger partial charge in [-0.1, -0.05) is 81.8 Å². The summed E-state index contributed by atoms with van der Waals surface area (Å²) in [7, 11) is 1.37. The number of nitrogens with one attached hydrogen (secondary N) is 4. The van der Waals surface area contributed by atoms with Crippen LogP contribution in [0.1, 0.15) is 118 Å². The Morgan fingerprint density at radius 2 is 1.46 bits per heavy atom.